The number of hydrogen-bond donors (Lipinski definition) is 4. The number of alkyl carbamates (subject to hydrolysis) is 1. The summed E-state index contributed by atoms with van der Waals surface area (Å²) in [6.07, 6.45) is -0.218. The number of pyridine rings is 1. The smallest absolute Gasteiger partial charge is 0.408 e. The quantitative estimate of drug-likeness (QED) is 0.143. The van der Waals surface area contributed by atoms with Gasteiger partial charge in [0, 0.05) is 18.5 Å². The molecule has 0 saturated carbocycles. The molecule has 252 valence electrons. The van der Waals surface area contributed by atoms with Gasteiger partial charge in [-0.15, -0.1) is 0 Å². The molecule has 1 aromatic carbocycles. The summed E-state index contributed by atoms with van der Waals surface area (Å²) < 4.78 is 19.3. The van der Waals surface area contributed by atoms with Crippen molar-refractivity contribution in [1.82, 2.24) is 30.5 Å². The van der Waals surface area contributed by atoms with Crippen LogP contribution in [0.15, 0.2) is 24.3 Å². The number of carbonyl (C=O) groups excluding carboxylic acids is 4. The standard InChI is InChI=1S/C32H47N7O7/c1-10-44-17-23-37-24-25(39(23)18-31(6,7)45-16-15-33-28(42)32(8,9)34-19-40)21-13-11-12-14-22(21)36-26(24)38-27(41)20(2)35-29(43)46-30(3,4)5/h11-14,19-20H,10,15-18H2,1-9H3,(H,33,42)(H,34,40)(H,35,43)(H,36,38,41)/t20-/m0/s1. The van der Waals surface area contributed by atoms with Crippen molar-refractivity contribution in [2.24, 2.45) is 0 Å². The number of amides is 4. The molecule has 2 heterocycles. The molecule has 14 heteroatoms. The second kappa shape index (κ2) is 14.9. The fraction of sp³-hybridized carbons (Fsp3) is 0.562. The Morgan fingerprint density at radius 1 is 1.04 bits per heavy atom. The van der Waals surface area contributed by atoms with Gasteiger partial charge in [0.1, 0.15) is 35.1 Å². The van der Waals surface area contributed by atoms with Crippen molar-refractivity contribution in [3.63, 3.8) is 0 Å². The lowest BCUT2D eigenvalue weighted by molar-refractivity contribution is -0.129. The summed E-state index contributed by atoms with van der Waals surface area (Å²) in [5.74, 6) is 0.0240. The minimum atomic E-state index is -1.05. The molecule has 0 aliphatic carbocycles. The zero-order chi connectivity index (χ0) is 34.3. The molecule has 4 N–H and O–H groups in total. The Morgan fingerprint density at radius 2 is 1.74 bits per heavy atom. The van der Waals surface area contributed by atoms with Gasteiger partial charge in [0.2, 0.25) is 18.2 Å². The zero-order valence-electron chi connectivity index (χ0n) is 28.2. The maximum Gasteiger partial charge on any atom is 0.408 e. The maximum atomic E-state index is 13.2. The fourth-order valence-corrected chi connectivity index (χ4v) is 4.57. The number of para-hydroxylation sites is 1. The second-order valence-electron chi connectivity index (χ2n) is 13.0. The van der Waals surface area contributed by atoms with Crippen molar-refractivity contribution in [3.05, 3.63) is 30.1 Å². The van der Waals surface area contributed by atoms with Crippen molar-refractivity contribution in [1.29, 1.82) is 0 Å². The first-order chi connectivity index (χ1) is 21.5. The van der Waals surface area contributed by atoms with Crippen LogP contribution in [0.1, 0.15) is 68.1 Å². The molecule has 4 amide bonds. The summed E-state index contributed by atoms with van der Waals surface area (Å²) in [7, 11) is 0. The number of nitrogens with one attached hydrogen (secondary N) is 4. The van der Waals surface area contributed by atoms with Crippen LogP contribution in [0.5, 0.6) is 0 Å². The first-order valence-corrected chi connectivity index (χ1v) is 15.3. The summed E-state index contributed by atoms with van der Waals surface area (Å²) in [6, 6.07) is 6.62. The average molecular weight is 642 g/mol. The monoisotopic (exact) mass is 641 g/mol. The Bertz CT molecular complexity index is 1560. The van der Waals surface area contributed by atoms with Crippen molar-refractivity contribution in [2.75, 3.05) is 25.1 Å². The van der Waals surface area contributed by atoms with Gasteiger partial charge in [-0.2, -0.15) is 0 Å². The number of rotatable bonds is 15. The SMILES string of the molecule is CCOCc1nc2c(NC(=O)[C@H](C)NC(=O)OC(C)(C)C)nc3ccccc3c2n1CC(C)(C)OCCNC(=O)C(C)(C)NC=O. The minimum Gasteiger partial charge on any atom is -0.444 e. The molecule has 0 radical (unpaired) electrons. The van der Waals surface area contributed by atoms with E-state index in [9.17, 15) is 19.2 Å². The van der Waals surface area contributed by atoms with Gasteiger partial charge in [-0.25, -0.2) is 14.8 Å². The van der Waals surface area contributed by atoms with Gasteiger partial charge in [-0.1, -0.05) is 18.2 Å². The fourth-order valence-electron chi connectivity index (χ4n) is 4.57. The van der Waals surface area contributed by atoms with Gasteiger partial charge in [0.15, 0.2) is 5.82 Å². The number of ether oxygens (including phenoxy) is 3. The summed E-state index contributed by atoms with van der Waals surface area (Å²) in [5, 5.41) is 11.5. The van der Waals surface area contributed by atoms with Crippen LogP contribution < -0.4 is 21.3 Å². The molecule has 0 aliphatic rings. The van der Waals surface area contributed by atoms with E-state index in [-0.39, 0.29) is 31.5 Å². The van der Waals surface area contributed by atoms with Gasteiger partial charge in [0.25, 0.3) is 0 Å². The van der Waals surface area contributed by atoms with Crippen molar-refractivity contribution in [2.45, 2.75) is 98.2 Å². The van der Waals surface area contributed by atoms with E-state index in [1.807, 2.05) is 49.6 Å². The molecule has 2 aromatic heterocycles. The van der Waals surface area contributed by atoms with Crippen LogP contribution in [-0.2, 0) is 41.7 Å². The molecule has 0 fully saturated rings. The van der Waals surface area contributed by atoms with Crippen LogP contribution in [-0.4, -0.2) is 81.4 Å². The lowest BCUT2D eigenvalue weighted by Crippen LogP contribution is -2.52. The predicted molar refractivity (Wildman–Crippen MR) is 174 cm³/mol. The summed E-state index contributed by atoms with van der Waals surface area (Å²) in [6.45, 7) is 17.2. The first kappa shape index (κ1) is 36.2. The topological polar surface area (TPSA) is 175 Å². The van der Waals surface area contributed by atoms with Crippen LogP contribution >= 0.6 is 0 Å². The molecule has 0 bridgehead atoms. The summed E-state index contributed by atoms with van der Waals surface area (Å²) in [5.41, 5.74) is -0.667. The average Bonchev–Trinajstić information content (AvgIpc) is 3.30. The van der Waals surface area contributed by atoms with Crippen LogP contribution in [0, 0.1) is 0 Å². The van der Waals surface area contributed by atoms with Gasteiger partial charge in [-0.3, -0.25) is 14.4 Å². The van der Waals surface area contributed by atoms with E-state index in [1.165, 1.54) is 0 Å². The zero-order valence-corrected chi connectivity index (χ0v) is 28.2. The maximum absolute atomic E-state index is 13.2. The van der Waals surface area contributed by atoms with Gasteiger partial charge < -0.3 is 40.0 Å². The molecular weight excluding hydrogens is 594 g/mol. The third kappa shape index (κ3) is 9.60. The second-order valence-corrected chi connectivity index (χ2v) is 13.0. The summed E-state index contributed by atoms with van der Waals surface area (Å²) >= 11 is 0. The van der Waals surface area contributed by atoms with Crippen LogP contribution in [0.25, 0.3) is 21.9 Å². The number of nitrogens with zero attached hydrogens (tertiary/aromatic N) is 3. The Hall–Kier alpha value is -4.30. The highest BCUT2D eigenvalue weighted by molar-refractivity contribution is 6.10. The largest absolute Gasteiger partial charge is 0.444 e. The van der Waals surface area contributed by atoms with Crippen molar-refractivity contribution < 1.29 is 33.4 Å². The predicted octanol–water partition coefficient (Wildman–Crippen LogP) is 3.41. The number of imidazole rings is 1. The van der Waals surface area contributed by atoms with E-state index < -0.39 is 34.8 Å². The highest BCUT2D eigenvalue weighted by Crippen LogP contribution is 2.32. The molecular formula is C32H47N7O7. The Labute approximate surface area is 269 Å². The number of benzene rings is 1. The third-order valence-electron chi connectivity index (χ3n) is 6.87. The van der Waals surface area contributed by atoms with Crippen LogP contribution in [0.2, 0.25) is 0 Å². The Balaban J connectivity index is 1.92. The van der Waals surface area contributed by atoms with Gasteiger partial charge in [0.05, 0.1) is 29.8 Å². The van der Waals surface area contributed by atoms with Gasteiger partial charge >= 0.3 is 6.09 Å². The van der Waals surface area contributed by atoms with Crippen molar-refractivity contribution in [3.8, 4) is 0 Å². The third-order valence-corrected chi connectivity index (χ3v) is 6.87. The molecule has 46 heavy (non-hydrogen) atoms. The number of anilines is 1. The van der Waals surface area contributed by atoms with E-state index in [1.54, 1.807) is 41.5 Å². The number of carbonyl (C=O) groups is 4. The first-order valence-electron chi connectivity index (χ1n) is 15.3. The minimum absolute atomic E-state index is 0.203. The Morgan fingerprint density at radius 3 is 2.39 bits per heavy atom. The van der Waals surface area contributed by atoms with Gasteiger partial charge in [-0.05, 0) is 68.4 Å². The molecule has 14 nitrogen and oxygen atoms in total. The molecule has 1 atom stereocenters. The highest BCUT2D eigenvalue weighted by Gasteiger charge is 2.29. The van der Waals surface area contributed by atoms with E-state index in [0.29, 0.717) is 36.4 Å². The van der Waals surface area contributed by atoms with Crippen molar-refractivity contribution >= 4 is 52.1 Å². The lowest BCUT2D eigenvalue weighted by Gasteiger charge is -2.28. The van der Waals surface area contributed by atoms with E-state index in [0.717, 1.165) is 10.9 Å². The van der Waals surface area contributed by atoms with E-state index in [4.69, 9.17) is 24.2 Å². The van der Waals surface area contributed by atoms with E-state index in [2.05, 4.69) is 21.3 Å². The van der Waals surface area contributed by atoms with Crippen LogP contribution in [0.4, 0.5) is 10.6 Å². The molecule has 3 aromatic rings. The lowest BCUT2D eigenvalue weighted by atomic mass is 10.1. The molecule has 0 unspecified atom stereocenters. The molecule has 3 rings (SSSR count). The number of hydrogen-bond acceptors (Lipinski definition) is 9. The summed E-state index contributed by atoms with van der Waals surface area (Å²) in [4.78, 5) is 58.3. The normalized spacial score (nSPS) is 12.9. The Kier molecular flexibility index (Phi) is 11.7. The molecule has 0 aliphatic heterocycles. The van der Waals surface area contributed by atoms with E-state index >= 15 is 0 Å². The highest BCUT2D eigenvalue weighted by atomic mass is 16.6. The number of aromatic nitrogens is 3. The number of fused-ring (bicyclic) bond motifs is 3. The molecule has 0 saturated heterocycles. The molecule has 0 spiro atoms. The van der Waals surface area contributed by atoms with Crippen LogP contribution in [0.3, 0.4) is 0 Å².